The smallest absolute Gasteiger partial charge is 0.227 e. The average molecular weight is 380 g/mol. The van der Waals surface area contributed by atoms with E-state index in [-0.39, 0.29) is 23.4 Å². The van der Waals surface area contributed by atoms with E-state index in [1.54, 1.807) is 18.2 Å². The quantitative estimate of drug-likeness (QED) is 0.545. The molecule has 2 aromatic rings. The highest BCUT2D eigenvalue weighted by atomic mass is 35.5. The zero-order chi connectivity index (χ0) is 17.1. The minimum atomic E-state index is -0.0610. The highest BCUT2D eigenvalue weighted by Crippen LogP contribution is 2.31. The van der Waals surface area contributed by atoms with Gasteiger partial charge in [-0.2, -0.15) is 0 Å². The molecule has 0 saturated heterocycles. The summed E-state index contributed by atoms with van der Waals surface area (Å²) in [6, 6.07) is 12.4. The summed E-state index contributed by atoms with van der Waals surface area (Å²) in [5.41, 5.74) is 1.22. The summed E-state index contributed by atoms with van der Waals surface area (Å²) in [5.74, 6) is 0.437. The first-order chi connectivity index (χ1) is 11.5. The fourth-order valence-electron chi connectivity index (χ4n) is 2.20. The molecule has 1 amide bonds. The molecule has 0 spiro atoms. The number of thioether (sulfide) groups is 1. The van der Waals surface area contributed by atoms with Crippen LogP contribution in [0.1, 0.15) is 23.2 Å². The monoisotopic (exact) mass is 379 g/mol. The van der Waals surface area contributed by atoms with Gasteiger partial charge in [0.2, 0.25) is 5.91 Å². The molecule has 0 atom stereocenters. The van der Waals surface area contributed by atoms with Crippen molar-refractivity contribution < 1.29 is 9.59 Å². The van der Waals surface area contributed by atoms with Gasteiger partial charge in [0, 0.05) is 27.1 Å². The number of anilines is 1. The standard InChI is InChI=1S/C18H15Cl2NO2S/c19-12-6-7-15(16(20)8-12)17(22)10-24-14-3-1-2-13(9-14)21-18(23)11-4-5-11/h1-3,6-9,11H,4-5,10H2,(H,21,23). The average Bonchev–Trinajstić information content (AvgIpc) is 3.38. The van der Waals surface area contributed by atoms with Gasteiger partial charge in [-0.3, -0.25) is 9.59 Å². The summed E-state index contributed by atoms with van der Waals surface area (Å²) >= 11 is 13.3. The molecular formula is C18H15Cl2NO2S. The van der Waals surface area contributed by atoms with Gasteiger partial charge in [-0.15, -0.1) is 11.8 Å². The second-order valence-corrected chi connectivity index (χ2v) is 7.52. The Bertz CT molecular complexity index is 790. The summed E-state index contributed by atoms with van der Waals surface area (Å²) < 4.78 is 0. The molecule has 1 N–H and O–H groups in total. The Morgan fingerprint density at radius 3 is 2.62 bits per heavy atom. The van der Waals surface area contributed by atoms with Crippen molar-refractivity contribution in [3.05, 3.63) is 58.1 Å². The Balaban J connectivity index is 1.61. The van der Waals surface area contributed by atoms with E-state index in [1.165, 1.54) is 11.8 Å². The van der Waals surface area contributed by atoms with Crippen LogP contribution < -0.4 is 5.32 Å². The van der Waals surface area contributed by atoms with Gasteiger partial charge >= 0.3 is 0 Å². The van der Waals surface area contributed by atoms with Crippen LogP contribution in [-0.2, 0) is 4.79 Å². The molecule has 0 aliphatic heterocycles. The topological polar surface area (TPSA) is 46.2 Å². The van der Waals surface area contributed by atoms with Crippen LogP contribution in [0, 0.1) is 5.92 Å². The summed E-state index contributed by atoms with van der Waals surface area (Å²) in [6.07, 6.45) is 1.94. The molecule has 0 radical (unpaired) electrons. The number of carbonyl (C=O) groups is 2. The van der Waals surface area contributed by atoms with Gasteiger partial charge < -0.3 is 5.32 Å². The molecule has 0 unspecified atom stereocenters. The Kier molecular flexibility index (Phi) is 5.49. The second kappa shape index (κ2) is 7.60. The lowest BCUT2D eigenvalue weighted by Gasteiger charge is -2.07. The summed E-state index contributed by atoms with van der Waals surface area (Å²) in [6.45, 7) is 0. The predicted octanol–water partition coefficient (Wildman–Crippen LogP) is 5.32. The number of nitrogens with one attached hydrogen (secondary N) is 1. The van der Waals surface area contributed by atoms with Crippen molar-refractivity contribution >= 4 is 52.3 Å². The van der Waals surface area contributed by atoms with Crippen molar-refractivity contribution in [1.82, 2.24) is 0 Å². The van der Waals surface area contributed by atoms with Crippen LogP contribution in [0.3, 0.4) is 0 Å². The minimum absolute atomic E-state index is 0.0610. The molecule has 0 heterocycles. The fraction of sp³-hybridized carbons (Fsp3) is 0.222. The molecule has 1 fully saturated rings. The first-order valence-electron chi connectivity index (χ1n) is 7.55. The van der Waals surface area contributed by atoms with Crippen molar-refractivity contribution in [3.8, 4) is 0 Å². The highest BCUT2D eigenvalue weighted by Gasteiger charge is 2.29. The summed E-state index contributed by atoms with van der Waals surface area (Å²) in [4.78, 5) is 25.0. The minimum Gasteiger partial charge on any atom is -0.326 e. The molecule has 0 aromatic heterocycles. The van der Waals surface area contributed by atoms with Crippen LogP contribution in [0.25, 0.3) is 0 Å². The molecule has 1 saturated carbocycles. The third kappa shape index (κ3) is 4.53. The number of benzene rings is 2. The highest BCUT2D eigenvalue weighted by molar-refractivity contribution is 8.00. The number of rotatable bonds is 6. The lowest BCUT2D eigenvalue weighted by atomic mass is 10.1. The number of ketones is 1. The van der Waals surface area contributed by atoms with Crippen LogP contribution in [0.4, 0.5) is 5.69 Å². The number of carbonyl (C=O) groups excluding carboxylic acids is 2. The van der Waals surface area contributed by atoms with Crippen LogP contribution in [0.15, 0.2) is 47.4 Å². The molecule has 0 bridgehead atoms. The van der Waals surface area contributed by atoms with E-state index in [1.807, 2.05) is 24.3 Å². The van der Waals surface area contributed by atoms with Crippen molar-refractivity contribution in [3.63, 3.8) is 0 Å². The Morgan fingerprint density at radius 1 is 1.12 bits per heavy atom. The molecule has 6 heteroatoms. The van der Waals surface area contributed by atoms with Crippen LogP contribution in [0.5, 0.6) is 0 Å². The molecule has 1 aliphatic carbocycles. The van der Waals surface area contributed by atoms with E-state index in [0.29, 0.717) is 15.6 Å². The van der Waals surface area contributed by atoms with E-state index < -0.39 is 0 Å². The maximum Gasteiger partial charge on any atom is 0.227 e. The second-order valence-electron chi connectivity index (χ2n) is 5.63. The lowest BCUT2D eigenvalue weighted by molar-refractivity contribution is -0.117. The molecular weight excluding hydrogens is 365 g/mol. The molecule has 2 aromatic carbocycles. The van der Waals surface area contributed by atoms with Gasteiger partial charge in [-0.25, -0.2) is 0 Å². The van der Waals surface area contributed by atoms with E-state index in [0.717, 1.165) is 23.4 Å². The first kappa shape index (κ1) is 17.3. The van der Waals surface area contributed by atoms with Gasteiger partial charge in [0.05, 0.1) is 10.8 Å². The van der Waals surface area contributed by atoms with Gasteiger partial charge in [0.1, 0.15) is 0 Å². The van der Waals surface area contributed by atoms with E-state index in [2.05, 4.69) is 5.32 Å². The molecule has 1 aliphatic rings. The zero-order valence-corrected chi connectivity index (χ0v) is 15.0. The Labute approximate surface area is 154 Å². The number of amides is 1. The third-order valence-corrected chi connectivity index (χ3v) is 5.19. The normalized spacial score (nSPS) is 13.6. The van der Waals surface area contributed by atoms with Crippen molar-refractivity contribution in [2.24, 2.45) is 5.92 Å². The molecule has 124 valence electrons. The van der Waals surface area contributed by atoms with Crippen LogP contribution >= 0.6 is 35.0 Å². The maximum atomic E-state index is 12.3. The Hall–Kier alpha value is -1.49. The van der Waals surface area contributed by atoms with Gasteiger partial charge in [0.25, 0.3) is 0 Å². The number of Topliss-reactive ketones (excluding diaryl/α,β-unsaturated/α-hetero) is 1. The molecule has 24 heavy (non-hydrogen) atoms. The first-order valence-corrected chi connectivity index (χ1v) is 9.29. The Morgan fingerprint density at radius 2 is 1.92 bits per heavy atom. The maximum absolute atomic E-state index is 12.3. The lowest BCUT2D eigenvalue weighted by Crippen LogP contribution is -2.13. The molecule has 3 rings (SSSR count). The van der Waals surface area contributed by atoms with Gasteiger partial charge in [0.15, 0.2) is 5.78 Å². The van der Waals surface area contributed by atoms with Crippen molar-refractivity contribution in [1.29, 1.82) is 0 Å². The van der Waals surface area contributed by atoms with Gasteiger partial charge in [-0.05, 0) is 49.2 Å². The van der Waals surface area contributed by atoms with Crippen molar-refractivity contribution in [2.75, 3.05) is 11.1 Å². The number of halogens is 2. The zero-order valence-electron chi connectivity index (χ0n) is 12.7. The largest absolute Gasteiger partial charge is 0.326 e. The van der Waals surface area contributed by atoms with Gasteiger partial charge in [-0.1, -0.05) is 29.3 Å². The number of hydrogen-bond acceptors (Lipinski definition) is 3. The predicted molar refractivity (Wildman–Crippen MR) is 99.3 cm³/mol. The van der Waals surface area contributed by atoms with Crippen LogP contribution in [0.2, 0.25) is 10.0 Å². The number of hydrogen-bond donors (Lipinski definition) is 1. The molecule has 3 nitrogen and oxygen atoms in total. The summed E-state index contributed by atoms with van der Waals surface area (Å²) in [5, 5.41) is 3.77. The summed E-state index contributed by atoms with van der Waals surface area (Å²) in [7, 11) is 0. The fourth-order valence-corrected chi connectivity index (χ4v) is 3.55. The van der Waals surface area contributed by atoms with E-state index in [4.69, 9.17) is 23.2 Å². The SMILES string of the molecule is O=C(CSc1cccc(NC(=O)C2CC2)c1)c1ccc(Cl)cc1Cl. The third-order valence-electron chi connectivity index (χ3n) is 3.65. The van der Waals surface area contributed by atoms with E-state index >= 15 is 0 Å². The van der Waals surface area contributed by atoms with Crippen LogP contribution in [-0.4, -0.2) is 17.4 Å². The van der Waals surface area contributed by atoms with E-state index in [9.17, 15) is 9.59 Å². The van der Waals surface area contributed by atoms with Crippen molar-refractivity contribution in [2.45, 2.75) is 17.7 Å².